The van der Waals surface area contributed by atoms with Crippen LogP contribution in [0, 0.1) is 11.3 Å². The van der Waals surface area contributed by atoms with Crippen molar-refractivity contribution >= 4 is 33.7 Å². The molecular weight excluding hydrogens is 456 g/mol. The summed E-state index contributed by atoms with van der Waals surface area (Å²) in [5.41, 5.74) is 3.48. The van der Waals surface area contributed by atoms with Crippen LogP contribution in [0.5, 0.6) is 0 Å². The monoisotopic (exact) mass is 478 g/mol. The van der Waals surface area contributed by atoms with E-state index in [0.717, 1.165) is 29.3 Å². The number of benzene rings is 1. The second-order valence-electron chi connectivity index (χ2n) is 8.98. The van der Waals surface area contributed by atoms with Crippen molar-refractivity contribution in [2.75, 3.05) is 18.0 Å². The lowest BCUT2D eigenvalue weighted by atomic mass is 10.0. The smallest absolute Gasteiger partial charge is 0.327 e. The van der Waals surface area contributed by atoms with Crippen LogP contribution in [0.3, 0.4) is 0 Å². The second kappa shape index (κ2) is 8.46. The molecule has 0 unspecified atom stereocenters. The standard InChI is InChI=1S/C26H22N8O2/c1-32-14-19(18-5-4-16(13-27)11-22(18)32)24(35)20-12-23(30-15-29-20)33-9-6-17(7-10-33)34-21-3-2-8-28-25(21)31-26(34)36/h2-5,8,11-12,14-15,17H,6-7,9-10H2,1H3,(H,28,31,36). The van der Waals surface area contributed by atoms with Gasteiger partial charge in [0, 0.05) is 61.1 Å². The number of anilines is 1. The van der Waals surface area contributed by atoms with E-state index in [-0.39, 0.29) is 17.5 Å². The van der Waals surface area contributed by atoms with Crippen LogP contribution < -0.4 is 10.6 Å². The molecule has 36 heavy (non-hydrogen) atoms. The molecule has 6 rings (SSSR count). The lowest BCUT2D eigenvalue weighted by Crippen LogP contribution is -2.37. The molecule has 178 valence electrons. The van der Waals surface area contributed by atoms with E-state index in [1.807, 2.05) is 23.7 Å². The number of nitriles is 1. The Hall–Kier alpha value is -4.78. The molecule has 5 heterocycles. The Morgan fingerprint density at radius 2 is 1.94 bits per heavy atom. The Kier molecular flexibility index (Phi) is 5.11. The van der Waals surface area contributed by atoms with Gasteiger partial charge in [0.2, 0.25) is 5.78 Å². The zero-order valence-corrected chi connectivity index (χ0v) is 19.5. The number of aryl methyl sites for hydroxylation is 1. The van der Waals surface area contributed by atoms with Crippen molar-refractivity contribution in [1.82, 2.24) is 29.1 Å². The molecule has 0 bridgehead atoms. The van der Waals surface area contributed by atoms with Gasteiger partial charge in [0.1, 0.15) is 17.8 Å². The summed E-state index contributed by atoms with van der Waals surface area (Å²) in [5, 5.41) is 9.98. The van der Waals surface area contributed by atoms with Crippen molar-refractivity contribution in [2.45, 2.75) is 18.9 Å². The number of aromatic amines is 1. The van der Waals surface area contributed by atoms with Crippen LogP contribution in [0.2, 0.25) is 0 Å². The second-order valence-corrected chi connectivity index (χ2v) is 8.98. The third-order valence-electron chi connectivity index (χ3n) is 6.89. The minimum absolute atomic E-state index is 0.0589. The highest BCUT2D eigenvalue weighted by molar-refractivity contribution is 6.15. The van der Waals surface area contributed by atoms with E-state index in [2.05, 4.69) is 30.9 Å². The number of hydrogen-bond acceptors (Lipinski definition) is 7. The summed E-state index contributed by atoms with van der Waals surface area (Å²) in [5.74, 6) is 0.494. The highest BCUT2D eigenvalue weighted by Crippen LogP contribution is 2.28. The number of nitrogens with one attached hydrogen (secondary N) is 1. The number of pyridine rings is 1. The zero-order chi connectivity index (χ0) is 24.8. The van der Waals surface area contributed by atoms with E-state index in [9.17, 15) is 14.9 Å². The summed E-state index contributed by atoms with van der Waals surface area (Å²) in [6.07, 6.45) is 6.39. The lowest BCUT2D eigenvalue weighted by molar-refractivity contribution is 0.103. The number of H-pyrrole nitrogens is 1. The SMILES string of the molecule is Cn1cc(C(=O)c2cc(N3CCC(n4c(=O)[nH]c5ncccc54)CC3)ncn2)c2ccc(C#N)cc21. The molecule has 0 atom stereocenters. The number of carbonyl (C=O) groups excluding carboxylic acids is 1. The van der Waals surface area contributed by atoms with E-state index < -0.39 is 0 Å². The predicted molar refractivity (Wildman–Crippen MR) is 134 cm³/mol. The average Bonchev–Trinajstić information content (AvgIpc) is 3.43. The molecule has 1 N–H and O–H groups in total. The van der Waals surface area contributed by atoms with Gasteiger partial charge in [-0.3, -0.25) is 14.3 Å². The Bertz CT molecular complexity index is 1730. The van der Waals surface area contributed by atoms with Gasteiger partial charge in [-0.25, -0.2) is 19.7 Å². The number of ketones is 1. The molecule has 10 heteroatoms. The zero-order valence-electron chi connectivity index (χ0n) is 19.5. The quantitative estimate of drug-likeness (QED) is 0.394. The van der Waals surface area contributed by atoms with Crippen LogP contribution in [0.25, 0.3) is 22.1 Å². The minimum Gasteiger partial charge on any atom is -0.356 e. The first kappa shape index (κ1) is 21.7. The third-order valence-corrected chi connectivity index (χ3v) is 6.89. The van der Waals surface area contributed by atoms with E-state index >= 15 is 0 Å². The molecule has 1 aliphatic heterocycles. The van der Waals surface area contributed by atoms with Crippen molar-refractivity contribution in [3.8, 4) is 6.07 Å². The van der Waals surface area contributed by atoms with Gasteiger partial charge in [-0.15, -0.1) is 0 Å². The first-order valence-electron chi connectivity index (χ1n) is 11.7. The van der Waals surface area contributed by atoms with E-state index in [4.69, 9.17) is 0 Å². The van der Waals surface area contributed by atoms with Gasteiger partial charge in [0.15, 0.2) is 5.65 Å². The first-order chi connectivity index (χ1) is 17.5. The minimum atomic E-state index is -0.193. The van der Waals surface area contributed by atoms with Crippen LogP contribution in [-0.2, 0) is 7.05 Å². The van der Waals surface area contributed by atoms with Crippen molar-refractivity contribution < 1.29 is 4.79 Å². The van der Waals surface area contributed by atoms with E-state index in [0.29, 0.717) is 41.4 Å². The van der Waals surface area contributed by atoms with Gasteiger partial charge < -0.3 is 9.47 Å². The lowest BCUT2D eigenvalue weighted by Gasteiger charge is -2.33. The molecule has 0 radical (unpaired) electrons. The maximum Gasteiger partial charge on any atom is 0.327 e. The van der Waals surface area contributed by atoms with Gasteiger partial charge in [0.25, 0.3) is 0 Å². The number of fused-ring (bicyclic) bond motifs is 2. The molecule has 0 aliphatic carbocycles. The number of rotatable bonds is 4. The van der Waals surface area contributed by atoms with E-state index in [1.165, 1.54) is 6.33 Å². The summed E-state index contributed by atoms with van der Waals surface area (Å²) < 4.78 is 3.64. The number of nitrogens with zero attached hydrogens (tertiary/aromatic N) is 7. The molecule has 1 saturated heterocycles. The first-order valence-corrected chi connectivity index (χ1v) is 11.7. The normalized spacial score (nSPS) is 14.4. The summed E-state index contributed by atoms with van der Waals surface area (Å²) in [6, 6.07) is 13.0. The Morgan fingerprint density at radius 3 is 2.75 bits per heavy atom. The molecule has 4 aromatic heterocycles. The summed E-state index contributed by atoms with van der Waals surface area (Å²) in [6.45, 7) is 1.39. The van der Waals surface area contributed by atoms with Crippen molar-refractivity contribution in [2.24, 2.45) is 7.05 Å². The third kappa shape index (κ3) is 3.53. The van der Waals surface area contributed by atoms with Crippen LogP contribution >= 0.6 is 0 Å². The highest BCUT2D eigenvalue weighted by Gasteiger charge is 2.25. The van der Waals surface area contributed by atoms with Crippen LogP contribution in [0.1, 0.15) is 40.5 Å². The fourth-order valence-corrected chi connectivity index (χ4v) is 5.09. The summed E-state index contributed by atoms with van der Waals surface area (Å²) >= 11 is 0. The largest absolute Gasteiger partial charge is 0.356 e. The van der Waals surface area contributed by atoms with Crippen molar-refractivity contribution in [3.05, 3.63) is 82.4 Å². The van der Waals surface area contributed by atoms with Gasteiger partial charge in [-0.1, -0.05) is 6.07 Å². The topological polar surface area (TPSA) is 125 Å². The molecule has 0 amide bonds. The summed E-state index contributed by atoms with van der Waals surface area (Å²) in [7, 11) is 1.85. The fraction of sp³-hybridized carbons (Fsp3) is 0.231. The van der Waals surface area contributed by atoms with Gasteiger partial charge in [0.05, 0.1) is 17.1 Å². The number of carbonyl (C=O) groups is 1. The number of imidazole rings is 1. The number of hydrogen-bond donors (Lipinski definition) is 1. The molecule has 1 fully saturated rings. The molecule has 10 nitrogen and oxygen atoms in total. The average molecular weight is 479 g/mol. The van der Waals surface area contributed by atoms with Crippen molar-refractivity contribution in [3.63, 3.8) is 0 Å². The Morgan fingerprint density at radius 1 is 1.11 bits per heavy atom. The fourth-order valence-electron chi connectivity index (χ4n) is 5.09. The van der Waals surface area contributed by atoms with Gasteiger partial charge in [-0.2, -0.15) is 5.26 Å². The number of aromatic nitrogens is 6. The van der Waals surface area contributed by atoms with Crippen LogP contribution in [0.15, 0.2) is 59.9 Å². The molecule has 0 saturated carbocycles. The molecule has 1 aromatic carbocycles. The van der Waals surface area contributed by atoms with Crippen molar-refractivity contribution in [1.29, 1.82) is 5.26 Å². The Labute approximate surface area is 205 Å². The van der Waals surface area contributed by atoms with Crippen LogP contribution in [-0.4, -0.2) is 47.9 Å². The highest BCUT2D eigenvalue weighted by atomic mass is 16.1. The maximum atomic E-state index is 13.4. The molecule has 0 spiro atoms. The predicted octanol–water partition coefficient (Wildman–Crippen LogP) is 2.95. The molecular formula is C26H22N8O2. The Balaban J connectivity index is 1.24. The molecule has 1 aliphatic rings. The molecule has 5 aromatic rings. The van der Waals surface area contributed by atoms with Gasteiger partial charge >= 0.3 is 5.69 Å². The number of piperidine rings is 1. The van der Waals surface area contributed by atoms with Crippen LogP contribution in [0.4, 0.5) is 5.82 Å². The summed E-state index contributed by atoms with van der Waals surface area (Å²) in [4.78, 5) is 43.8. The maximum absolute atomic E-state index is 13.4. The van der Waals surface area contributed by atoms with Gasteiger partial charge in [-0.05, 0) is 37.1 Å². The van der Waals surface area contributed by atoms with E-state index in [1.54, 1.807) is 41.2 Å².